The minimum absolute atomic E-state index is 0.266. The van der Waals surface area contributed by atoms with Crippen LogP contribution in [-0.4, -0.2) is 49.9 Å². The fraction of sp³-hybridized carbons (Fsp3) is 0.545. The molecular formula is C11H17N3O4. The van der Waals surface area contributed by atoms with Gasteiger partial charge in [-0.2, -0.15) is 5.10 Å². The van der Waals surface area contributed by atoms with E-state index < -0.39 is 11.9 Å². The number of aromatic nitrogens is 2. The van der Waals surface area contributed by atoms with E-state index >= 15 is 0 Å². The number of rotatable bonds is 8. The van der Waals surface area contributed by atoms with Crippen LogP contribution < -0.4 is 0 Å². The number of aryl methyl sites for hydroxylation is 1. The lowest BCUT2D eigenvalue weighted by Crippen LogP contribution is -2.33. The highest BCUT2D eigenvalue weighted by atomic mass is 16.4. The number of hydrogen-bond acceptors (Lipinski definition) is 4. The molecule has 0 fully saturated rings. The van der Waals surface area contributed by atoms with Gasteiger partial charge in [0.1, 0.15) is 0 Å². The van der Waals surface area contributed by atoms with Crippen LogP contribution in [0.3, 0.4) is 0 Å². The standard InChI is InChI=1S/C11H17N3O4/c1-2-3-14-6-9(4-12-14)5-13(7-10(15)16)8-11(17)18/h4,6H,2-3,5,7-8H2,1H3,(H,15,16)(H,17,18). The van der Waals surface area contributed by atoms with Crippen molar-refractivity contribution < 1.29 is 19.8 Å². The molecule has 7 heteroatoms. The lowest BCUT2D eigenvalue weighted by Gasteiger charge is -2.16. The maximum atomic E-state index is 10.6. The Morgan fingerprint density at radius 2 is 1.94 bits per heavy atom. The number of nitrogens with zero attached hydrogens (tertiary/aromatic N) is 3. The fourth-order valence-electron chi connectivity index (χ4n) is 1.65. The highest BCUT2D eigenvalue weighted by Crippen LogP contribution is 2.04. The minimum atomic E-state index is -1.04. The molecule has 0 radical (unpaired) electrons. The van der Waals surface area contributed by atoms with Gasteiger partial charge in [-0.1, -0.05) is 6.92 Å². The van der Waals surface area contributed by atoms with E-state index in [4.69, 9.17) is 10.2 Å². The Bertz CT molecular complexity index is 400. The topological polar surface area (TPSA) is 95.7 Å². The highest BCUT2D eigenvalue weighted by Gasteiger charge is 2.14. The van der Waals surface area contributed by atoms with Crippen molar-refractivity contribution in [2.75, 3.05) is 13.1 Å². The molecule has 2 N–H and O–H groups in total. The summed E-state index contributed by atoms with van der Waals surface area (Å²) in [7, 11) is 0. The molecule has 0 saturated heterocycles. The Morgan fingerprint density at radius 3 is 2.44 bits per heavy atom. The van der Waals surface area contributed by atoms with Gasteiger partial charge < -0.3 is 10.2 Å². The SMILES string of the molecule is CCCn1cc(CN(CC(=O)O)CC(=O)O)cn1. The van der Waals surface area contributed by atoms with E-state index in [9.17, 15) is 9.59 Å². The van der Waals surface area contributed by atoms with Crippen LogP contribution in [0, 0.1) is 0 Å². The molecule has 18 heavy (non-hydrogen) atoms. The van der Waals surface area contributed by atoms with Crippen molar-refractivity contribution in [3.63, 3.8) is 0 Å². The van der Waals surface area contributed by atoms with Crippen LogP contribution in [0.2, 0.25) is 0 Å². The first-order valence-electron chi connectivity index (χ1n) is 5.68. The van der Waals surface area contributed by atoms with Gasteiger partial charge in [0.25, 0.3) is 0 Å². The third kappa shape index (κ3) is 4.96. The van der Waals surface area contributed by atoms with Crippen molar-refractivity contribution in [3.8, 4) is 0 Å². The summed E-state index contributed by atoms with van der Waals surface area (Å²) < 4.78 is 1.76. The normalized spacial score (nSPS) is 10.8. The summed E-state index contributed by atoms with van der Waals surface area (Å²) in [6, 6.07) is 0. The molecule has 1 aromatic rings. The molecule has 1 aromatic heterocycles. The van der Waals surface area contributed by atoms with Crippen LogP contribution in [0.4, 0.5) is 0 Å². The first-order valence-corrected chi connectivity index (χ1v) is 5.68. The molecule has 1 heterocycles. The molecule has 0 aliphatic carbocycles. The molecule has 1 rings (SSSR count). The van der Waals surface area contributed by atoms with Gasteiger partial charge in [0.15, 0.2) is 0 Å². The monoisotopic (exact) mass is 255 g/mol. The molecule has 0 spiro atoms. The largest absolute Gasteiger partial charge is 0.480 e. The van der Waals surface area contributed by atoms with E-state index in [0.29, 0.717) is 0 Å². The summed E-state index contributed by atoms with van der Waals surface area (Å²) in [6.07, 6.45) is 4.39. The maximum absolute atomic E-state index is 10.6. The predicted molar refractivity (Wildman–Crippen MR) is 63.1 cm³/mol. The van der Waals surface area contributed by atoms with E-state index in [0.717, 1.165) is 18.5 Å². The van der Waals surface area contributed by atoms with Gasteiger partial charge in [-0.15, -0.1) is 0 Å². The average Bonchev–Trinajstić information content (AvgIpc) is 2.64. The number of carboxylic acid groups (broad SMARTS) is 2. The first kappa shape index (κ1) is 14.2. The molecule has 0 unspecified atom stereocenters. The van der Waals surface area contributed by atoms with Gasteiger partial charge in [-0.05, 0) is 6.42 Å². The summed E-state index contributed by atoms with van der Waals surface area (Å²) in [5, 5.41) is 21.5. The minimum Gasteiger partial charge on any atom is -0.480 e. The summed E-state index contributed by atoms with van der Waals surface area (Å²) in [6.45, 7) is 2.49. The third-order valence-electron chi connectivity index (χ3n) is 2.26. The maximum Gasteiger partial charge on any atom is 0.317 e. The molecule has 0 saturated carbocycles. The van der Waals surface area contributed by atoms with Crippen molar-refractivity contribution in [1.29, 1.82) is 0 Å². The second kappa shape index (κ2) is 6.75. The molecule has 0 aromatic carbocycles. The van der Waals surface area contributed by atoms with Crippen molar-refractivity contribution in [2.24, 2.45) is 0 Å². The van der Waals surface area contributed by atoms with Gasteiger partial charge in [0, 0.05) is 24.8 Å². The van der Waals surface area contributed by atoms with Crippen molar-refractivity contribution in [2.45, 2.75) is 26.4 Å². The van der Waals surface area contributed by atoms with E-state index in [2.05, 4.69) is 5.10 Å². The molecule has 0 aliphatic rings. The molecule has 100 valence electrons. The number of hydrogen-bond donors (Lipinski definition) is 2. The molecule has 0 atom stereocenters. The summed E-state index contributed by atoms with van der Waals surface area (Å²) in [5.74, 6) is -2.09. The zero-order valence-electron chi connectivity index (χ0n) is 10.2. The van der Waals surface area contributed by atoms with Crippen molar-refractivity contribution >= 4 is 11.9 Å². The predicted octanol–water partition coefficient (Wildman–Crippen LogP) is 0.264. The van der Waals surface area contributed by atoms with Crippen molar-refractivity contribution in [3.05, 3.63) is 18.0 Å². The molecule has 0 bridgehead atoms. The Hall–Kier alpha value is -1.89. The van der Waals surface area contributed by atoms with Crippen molar-refractivity contribution in [1.82, 2.24) is 14.7 Å². The molecule has 0 aliphatic heterocycles. The third-order valence-corrected chi connectivity index (χ3v) is 2.26. The van der Waals surface area contributed by atoms with Crippen LogP contribution in [0.5, 0.6) is 0 Å². The van der Waals surface area contributed by atoms with Crippen LogP contribution in [0.1, 0.15) is 18.9 Å². The number of carbonyl (C=O) groups is 2. The van der Waals surface area contributed by atoms with Crippen LogP contribution in [0.25, 0.3) is 0 Å². The van der Waals surface area contributed by atoms with E-state index in [1.807, 2.05) is 6.92 Å². The Kier molecular flexibility index (Phi) is 5.31. The lowest BCUT2D eigenvalue weighted by atomic mass is 10.3. The highest BCUT2D eigenvalue weighted by molar-refractivity contribution is 5.72. The average molecular weight is 255 g/mol. The van der Waals surface area contributed by atoms with Gasteiger partial charge in [0.2, 0.25) is 0 Å². The Morgan fingerprint density at radius 1 is 1.33 bits per heavy atom. The fourth-order valence-corrected chi connectivity index (χ4v) is 1.65. The van der Waals surface area contributed by atoms with E-state index in [1.54, 1.807) is 17.1 Å². The van der Waals surface area contributed by atoms with Gasteiger partial charge in [-0.25, -0.2) is 0 Å². The number of carboxylic acids is 2. The smallest absolute Gasteiger partial charge is 0.317 e. The lowest BCUT2D eigenvalue weighted by molar-refractivity contribution is -0.142. The van der Waals surface area contributed by atoms with E-state index in [-0.39, 0.29) is 19.6 Å². The van der Waals surface area contributed by atoms with E-state index in [1.165, 1.54) is 4.90 Å². The second-order valence-corrected chi connectivity index (χ2v) is 4.04. The second-order valence-electron chi connectivity index (χ2n) is 4.04. The van der Waals surface area contributed by atoms with Gasteiger partial charge in [-0.3, -0.25) is 19.2 Å². The number of aliphatic carboxylic acids is 2. The summed E-state index contributed by atoms with van der Waals surface area (Å²) in [4.78, 5) is 22.6. The summed E-state index contributed by atoms with van der Waals surface area (Å²) in [5.41, 5.74) is 0.811. The molecule has 0 amide bonds. The molecular weight excluding hydrogens is 238 g/mol. The van der Waals surface area contributed by atoms with Gasteiger partial charge >= 0.3 is 11.9 Å². The Labute approximate surface area is 105 Å². The first-order chi connectivity index (χ1) is 8.51. The zero-order chi connectivity index (χ0) is 13.5. The van der Waals surface area contributed by atoms with Crippen LogP contribution >= 0.6 is 0 Å². The molecule has 7 nitrogen and oxygen atoms in total. The van der Waals surface area contributed by atoms with Gasteiger partial charge in [0.05, 0.1) is 19.3 Å². The Balaban J connectivity index is 2.62. The van der Waals surface area contributed by atoms with Crippen LogP contribution in [-0.2, 0) is 22.7 Å². The zero-order valence-corrected chi connectivity index (χ0v) is 10.2. The quantitative estimate of drug-likeness (QED) is 0.692. The van der Waals surface area contributed by atoms with Crippen LogP contribution in [0.15, 0.2) is 12.4 Å². The summed E-state index contributed by atoms with van der Waals surface area (Å²) >= 11 is 0.